The quantitative estimate of drug-likeness (QED) is 0.845. The zero-order valence-corrected chi connectivity index (χ0v) is 10.1. The van der Waals surface area contributed by atoms with Gasteiger partial charge in [-0.25, -0.2) is 4.79 Å². The molecule has 1 aromatic heterocycles. The van der Waals surface area contributed by atoms with Crippen molar-refractivity contribution in [3.05, 3.63) is 17.5 Å². The summed E-state index contributed by atoms with van der Waals surface area (Å²) in [4.78, 5) is 24.3. The lowest BCUT2D eigenvalue weighted by Gasteiger charge is -2.25. The van der Waals surface area contributed by atoms with Crippen LogP contribution < -0.4 is 0 Å². The summed E-state index contributed by atoms with van der Waals surface area (Å²) >= 11 is 0. The fraction of sp³-hybridized carbons (Fsp3) is 0.545. The van der Waals surface area contributed by atoms with Gasteiger partial charge in [0.2, 0.25) is 5.76 Å². The number of carboxylic acids is 1. The van der Waals surface area contributed by atoms with Gasteiger partial charge in [-0.2, -0.15) is 0 Å². The van der Waals surface area contributed by atoms with Crippen LogP contribution in [0.3, 0.4) is 0 Å². The van der Waals surface area contributed by atoms with Gasteiger partial charge in [0.25, 0.3) is 5.91 Å². The Morgan fingerprint density at radius 3 is 2.59 bits per heavy atom. The lowest BCUT2D eigenvalue weighted by molar-refractivity contribution is 0.0645. The fourth-order valence-electron chi connectivity index (χ4n) is 1.46. The molecule has 0 radical (unpaired) electrons. The molecule has 0 saturated heterocycles. The van der Waals surface area contributed by atoms with Crippen LogP contribution in [0.25, 0.3) is 0 Å². The molecule has 1 aromatic rings. The van der Waals surface area contributed by atoms with Crippen LogP contribution in [0.4, 0.5) is 0 Å². The van der Waals surface area contributed by atoms with Gasteiger partial charge in [-0.1, -0.05) is 12.1 Å². The molecule has 0 aliphatic heterocycles. The molecule has 0 aliphatic carbocycles. The number of hydrogen-bond donors (Lipinski definition) is 1. The maximum absolute atomic E-state index is 12.0. The second-order valence-electron chi connectivity index (χ2n) is 3.97. The molecule has 17 heavy (non-hydrogen) atoms. The van der Waals surface area contributed by atoms with E-state index in [1.54, 1.807) is 4.90 Å². The summed E-state index contributed by atoms with van der Waals surface area (Å²) < 4.78 is 4.56. The van der Waals surface area contributed by atoms with Gasteiger partial charge < -0.3 is 14.5 Å². The van der Waals surface area contributed by atoms with E-state index in [1.165, 1.54) is 0 Å². The predicted octanol–water partition coefficient (Wildman–Crippen LogP) is 1.63. The van der Waals surface area contributed by atoms with E-state index < -0.39 is 5.97 Å². The van der Waals surface area contributed by atoms with Crippen molar-refractivity contribution < 1.29 is 19.2 Å². The summed E-state index contributed by atoms with van der Waals surface area (Å²) in [5, 5.41) is 12.1. The molecule has 0 aliphatic rings. The molecular formula is C11H16N2O4. The molecule has 0 saturated carbocycles. The van der Waals surface area contributed by atoms with E-state index >= 15 is 0 Å². The third-order valence-corrected chi connectivity index (χ3v) is 2.29. The molecule has 6 nitrogen and oxygen atoms in total. The second kappa shape index (κ2) is 5.47. The Balaban J connectivity index is 2.89. The van der Waals surface area contributed by atoms with Gasteiger partial charge in [0.05, 0.1) is 0 Å². The highest BCUT2D eigenvalue weighted by Gasteiger charge is 2.23. The SMILES string of the molecule is CCCN(C(=O)c1cc(C(=O)O)on1)C(C)C. The number of rotatable bonds is 5. The van der Waals surface area contributed by atoms with Crippen molar-refractivity contribution in [2.45, 2.75) is 33.2 Å². The molecule has 1 rings (SSSR count). The minimum Gasteiger partial charge on any atom is -0.475 e. The minimum absolute atomic E-state index is 0.0320. The Kier molecular flexibility index (Phi) is 4.25. The first-order valence-electron chi connectivity index (χ1n) is 5.48. The highest BCUT2D eigenvalue weighted by molar-refractivity contribution is 5.95. The number of carbonyl (C=O) groups excluding carboxylic acids is 1. The van der Waals surface area contributed by atoms with Crippen molar-refractivity contribution in [2.75, 3.05) is 6.54 Å². The summed E-state index contributed by atoms with van der Waals surface area (Å²) in [5.74, 6) is -1.87. The monoisotopic (exact) mass is 240 g/mol. The normalized spacial score (nSPS) is 10.6. The first-order chi connectivity index (χ1) is 7.97. The lowest BCUT2D eigenvalue weighted by Crippen LogP contribution is -2.37. The summed E-state index contributed by atoms with van der Waals surface area (Å²) in [6.45, 7) is 6.36. The molecule has 0 fully saturated rings. The van der Waals surface area contributed by atoms with Gasteiger partial charge in [0.1, 0.15) is 0 Å². The lowest BCUT2D eigenvalue weighted by atomic mass is 10.2. The Morgan fingerprint density at radius 1 is 1.53 bits per heavy atom. The van der Waals surface area contributed by atoms with Crippen LogP contribution in [0.1, 0.15) is 48.2 Å². The van der Waals surface area contributed by atoms with E-state index in [0.717, 1.165) is 12.5 Å². The molecule has 0 bridgehead atoms. The fourth-order valence-corrected chi connectivity index (χ4v) is 1.46. The Bertz CT molecular complexity index is 411. The zero-order chi connectivity index (χ0) is 13.0. The molecule has 0 unspecified atom stereocenters. The molecule has 0 aromatic carbocycles. The van der Waals surface area contributed by atoms with Crippen LogP contribution in [-0.2, 0) is 0 Å². The van der Waals surface area contributed by atoms with Crippen LogP contribution >= 0.6 is 0 Å². The van der Waals surface area contributed by atoms with Crippen molar-refractivity contribution in [1.29, 1.82) is 0 Å². The highest BCUT2D eigenvalue weighted by atomic mass is 16.5. The number of hydrogen-bond acceptors (Lipinski definition) is 4. The maximum atomic E-state index is 12.0. The van der Waals surface area contributed by atoms with Crippen LogP contribution in [0.5, 0.6) is 0 Å². The van der Waals surface area contributed by atoms with Crippen LogP contribution in [-0.4, -0.2) is 39.6 Å². The van der Waals surface area contributed by atoms with Crippen LogP contribution in [0.15, 0.2) is 10.6 Å². The van der Waals surface area contributed by atoms with Crippen molar-refractivity contribution in [2.24, 2.45) is 0 Å². The van der Waals surface area contributed by atoms with E-state index in [-0.39, 0.29) is 23.4 Å². The van der Waals surface area contributed by atoms with E-state index in [9.17, 15) is 9.59 Å². The Hall–Kier alpha value is -1.85. The zero-order valence-electron chi connectivity index (χ0n) is 10.1. The molecule has 1 heterocycles. The van der Waals surface area contributed by atoms with Gasteiger partial charge in [-0.05, 0) is 20.3 Å². The predicted molar refractivity (Wildman–Crippen MR) is 59.9 cm³/mol. The van der Waals surface area contributed by atoms with E-state index in [4.69, 9.17) is 5.11 Å². The number of nitrogens with zero attached hydrogens (tertiary/aromatic N) is 2. The molecular weight excluding hydrogens is 224 g/mol. The van der Waals surface area contributed by atoms with E-state index in [2.05, 4.69) is 9.68 Å². The topological polar surface area (TPSA) is 83.6 Å². The summed E-state index contributed by atoms with van der Waals surface area (Å²) in [5.41, 5.74) is 0.0320. The summed E-state index contributed by atoms with van der Waals surface area (Å²) in [7, 11) is 0. The third-order valence-electron chi connectivity index (χ3n) is 2.29. The van der Waals surface area contributed by atoms with Gasteiger partial charge in [0, 0.05) is 18.7 Å². The first-order valence-corrected chi connectivity index (χ1v) is 5.48. The van der Waals surface area contributed by atoms with Crippen molar-refractivity contribution in [1.82, 2.24) is 10.1 Å². The highest BCUT2D eigenvalue weighted by Crippen LogP contribution is 2.10. The van der Waals surface area contributed by atoms with Crippen LogP contribution in [0, 0.1) is 0 Å². The smallest absolute Gasteiger partial charge is 0.374 e. The van der Waals surface area contributed by atoms with Crippen molar-refractivity contribution >= 4 is 11.9 Å². The van der Waals surface area contributed by atoms with Gasteiger partial charge in [-0.3, -0.25) is 4.79 Å². The Morgan fingerprint density at radius 2 is 2.18 bits per heavy atom. The summed E-state index contributed by atoms with van der Waals surface area (Å²) in [6.07, 6.45) is 0.827. The average Bonchev–Trinajstić information content (AvgIpc) is 2.73. The number of aromatic carboxylic acids is 1. The van der Waals surface area contributed by atoms with Crippen LogP contribution in [0.2, 0.25) is 0 Å². The minimum atomic E-state index is -1.23. The molecule has 94 valence electrons. The Labute approximate surface area is 99.2 Å². The third kappa shape index (κ3) is 3.05. The van der Waals surface area contributed by atoms with Gasteiger partial charge in [0.15, 0.2) is 5.69 Å². The van der Waals surface area contributed by atoms with Crippen molar-refractivity contribution in [3.63, 3.8) is 0 Å². The molecule has 6 heteroatoms. The number of carbonyl (C=O) groups is 2. The second-order valence-corrected chi connectivity index (χ2v) is 3.97. The number of carboxylic acid groups (broad SMARTS) is 1. The van der Waals surface area contributed by atoms with Gasteiger partial charge >= 0.3 is 5.97 Å². The summed E-state index contributed by atoms with van der Waals surface area (Å²) in [6, 6.07) is 1.18. The van der Waals surface area contributed by atoms with E-state index in [0.29, 0.717) is 6.54 Å². The molecule has 1 N–H and O–H groups in total. The number of aromatic nitrogens is 1. The molecule has 0 atom stereocenters. The van der Waals surface area contributed by atoms with Gasteiger partial charge in [-0.15, -0.1) is 0 Å². The number of amides is 1. The molecule has 1 amide bonds. The maximum Gasteiger partial charge on any atom is 0.374 e. The first kappa shape index (κ1) is 13.2. The van der Waals surface area contributed by atoms with Crippen molar-refractivity contribution in [3.8, 4) is 0 Å². The van der Waals surface area contributed by atoms with E-state index in [1.807, 2.05) is 20.8 Å². The molecule has 0 spiro atoms. The largest absolute Gasteiger partial charge is 0.475 e. The average molecular weight is 240 g/mol. The standard InChI is InChI=1S/C11H16N2O4/c1-4-5-13(7(2)3)10(14)8-6-9(11(15)16)17-12-8/h6-7H,4-5H2,1-3H3,(H,15,16).